The number of aliphatic hydroxyl groups is 1. The van der Waals surface area contributed by atoms with Gasteiger partial charge in [0.2, 0.25) is 11.8 Å². The van der Waals surface area contributed by atoms with Crippen LogP contribution in [0.2, 0.25) is 0 Å². The average molecular weight is 474 g/mol. The Hall–Kier alpha value is -2.75. The number of amides is 2. The maximum absolute atomic E-state index is 12.6. The number of aliphatic hydroxyl groups excluding tert-OH is 1. The molecule has 0 radical (unpaired) electrons. The SMILES string of the molecule is COC(=O)c1c(-c2ccc(C)cc2)csc1NC(=O)CN(C)CC(=O)NC1CCC(O)CC1. The number of nitrogens with zero attached hydrogens (tertiary/aromatic N) is 1. The van der Waals surface area contributed by atoms with Gasteiger partial charge in [-0.25, -0.2) is 4.79 Å². The van der Waals surface area contributed by atoms with Gasteiger partial charge >= 0.3 is 5.97 Å². The lowest BCUT2D eigenvalue weighted by Crippen LogP contribution is -2.44. The van der Waals surface area contributed by atoms with E-state index in [0.717, 1.165) is 24.0 Å². The van der Waals surface area contributed by atoms with Crippen LogP contribution >= 0.6 is 11.3 Å². The van der Waals surface area contributed by atoms with E-state index in [1.54, 1.807) is 11.9 Å². The fourth-order valence-corrected chi connectivity index (χ4v) is 4.88. The first-order valence-electron chi connectivity index (χ1n) is 11.0. The van der Waals surface area contributed by atoms with Gasteiger partial charge in [-0.1, -0.05) is 29.8 Å². The summed E-state index contributed by atoms with van der Waals surface area (Å²) in [6, 6.07) is 7.84. The highest BCUT2D eigenvalue weighted by Gasteiger charge is 2.24. The highest BCUT2D eigenvalue weighted by molar-refractivity contribution is 7.15. The van der Waals surface area contributed by atoms with Crippen LogP contribution in [0.3, 0.4) is 0 Å². The molecule has 0 unspecified atom stereocenters. The van der Waals surface area contributed by atoms with Crippen molar-refractivity contribution in [3.05, 3.63) is 40.8 Å². The maximum Gasteiger partial charge on any atom is 0.341 e. The smallest absolute Gasteiger partial charge is 0.341 e. The first kappa shape index (κ1) is 24.9. The molecule has 2 aromatic rings. The Kier molecular flexibility index (Phi) is 8.60. The molecule has 0 atom stereocenters. The second-order valence-corrected chi connectivity index (χ2v) is 9.38. The molecule has 1 heterocycles. The van der Waals surface area contributed by atoms with Gasteiger partial charge in [0.05, 0.1) is 26.3 Å². The van der Waals surface area contributed by atoms with Crippen molar-refractivity contribution in [2.45, 2.75) is 44.8 Å². The number of carbonyl (C=O) groups excluding carboxylic acids is 3. The van der Waals surface area contributed by atoms with E-state index in [9.17, 15) is 19.5 Å². The van der Waals surface area contributed by atoms with E-state index in [-0.39, 0.29) is 37.0 Å². The summed E-state index contributed by atoms with van der Waals surface area (Å²) in [7, 11) is 3.00. The second kappa shape index (κ2) is 11.4. The van der Waals surface area contributed by atoms with Gasteiger partial charge in [-0.15, -0.1) is 11.3 Å². The minimum atomic E-state index is -0.521. The molecule has 9 heteroatoms. The van der Waals surface area contributed by atoms with Crippen LogP contribution in [0.4, 0.5) is 5.00 Å². The number of esters is 1. The number of hydrogen-bond acceptors (Lipinski definition) is 7. The van der Waals surface area contributed by atoms with E-state index in [1.807, 2.05) is 36.6 Å². The minimum absolute atomic E-state index is 0.00478. The van der Waals surface area contributed by atoms with Crippen LogP contribution in [0.5, 0.6) is 0 Å². The number of aryl methyl sites for hydroxylation is 1. The summed E-state index contributed by atoms with van der Waals surface area (Å²) >= 11 is 1.26. The quantitative estimate of drug-likeness (QED) is 0.509. The Labute approximate surface area is 197 Å². The number of anilines is 1. The molecular weight excluding hydrogens is 442 g/mol. The first-order chi connectivity index (χ1) is 15.8. The van der Waals surface area contributed by atoms with Crippen LogP contribution in [-0.2, 0) is 14.3 Å². The van der Waals surface area contributed by atoms with Crippen molar-refractivity contribution in [1.82, 2.24) is 10.2 Å². The van der Waals surface area contributed by atoms with Crippen LogP contribution < -0.4 is 10.6 Å². The van der Waals surface area contributed by atoms with Crippen molar-refractivity contribution < 1.29 is 24.2 Å². The van der Waals surface area contributed by atoms with Crippen LogP contribution in [0.25, 0.3) is 11.1 Å². The van der Waals surface area contributed by atoms with Crippen LogP contribution in [0.15, 0.2) is 29.6 Å². The minimum Gasteiger partial charge on any atom is -0.465 e. The third-order valence-corrected chi connectivity index (χ3v) is 6.58. The predicted octanol–water partition coefficient (Wildman–Crippen LogP) is 2.80. The third kappa shape index (κ3) is 6.86. The van der Waals surface area contributed by atoms with E-state index < -0.39 is 5.97 Å². The molecule has 33 heavy (non-hydrogen) atoms. The van der Waals surface area contributed by atoms with Crippen molar-refractivity contribution in [2.24, 2.45) is 0 Å². The summed E-state index contributed by atoms with van der Waals surface area (Å²) in [4.78, 5) is 39.0. The highest BCUT2D eigenvalue weighted by Crippen LogP contribution is 2.36. The standard InChI is InChI=1S/C24H31N3O5S/c1-15-4-6-16(7-5-15)19-14-33-23(22(19)24(31)32-3)26-21(30)13-27(2)12-20(29)25-17-8-10-18(28)11-9-17/h4-7,14,17-18,28H,8-13H2,1-3H3,(H,25,29)(H,26,30). The Balaban J connectivity index is 1.59. The molecule has 0 bridgehead atoms. The predicted molar refractivity (Wildman–Crippen MR) is 128 cm³/mol. The van der Waals surface area contributed by atoms with Crippen molar-refractivity contribution >= 4 is 34.1 Å². The zero-order chi connectivity index (χ0) is 24.0. The van der Waals surface area contributed by atoms with Gasteiger partial charge in [-0.3, -0.25) is 14.5 Å². The zero-order valence-electron chi connectivity index (χ0n) is 19.2. The van der Waals surface area contributed by atoms with Crippen LogP contribution in [0, 0.1) is 6.92 Å². The van der Waals surface area contributed by atoms with Gasteiger partial charge in [0.15, 0.2) is 0 Å². The lowest BCUT2D eigenvalue weighted by Gasteiger charge is -2.27. The Morgan fingerprint density at radius 1 is 1.09 bits per heavy atom. The second-order valence-electron chi connectivity index (χ2n) is 8.50. The fraction of sp³-hybridized carbons (Fsp3) is 0.458. The van der Waals surface area contributed by atoms with E-state index in [4.69, 9.17) is 4.74 Å². The largest absolute Gasteiger partial charge is 0.465 e. The molecule has 178 valence electrons. The van der Waals surface area contributed by atoms with E-state index in [0.29, 0.717) is 29.0 Å². The topological polar surface area (TPSA) is 108 Å². The summed E-state index contributed by atoms with van der Waals surface area (Å²) in [5.41, 5.74) is 2.99. The molecule has 1 fully saturated rings. The van der Waals surface area contributed by atoms with E-state index >= 15 is 0 Å². The molecule has 1 aromatic heterocycles. The number of likely N-dealkylation sites (N-methyl/N-ethyl adjacent to an activating group) is 1. The lowest BCUT2D eigenvalue weighted by molar-refractivity contribution is -0.123. The van der Waals surface area contributed by atoms with Crippen molar-refractivity contribution in [2.75, 3.05) is 32.6 Å². The number of rotatable bonds is 8. The van der Waals surface area contributed by atoms with Gasteiger partial charge in [-0.05, 0) is 45.2 Å². The molecule has 1 aliphatic rings. The molecule has 1 saturated carbocycles. The molecule has 3 rings (SSSR count). The van der Waals surface area contributed by atoms with Gasteiger partial charge in [0.25, 0.3) is 0 Å². The van der Waals surface area contributed by atoms with Crippen molar-refractivity contribution in [1.29, 1.82) is 0 Å². The molecule has 2 amide bonds. The molecule has 0 saturated heterocycles. The Bertz CT molecular complexity index is 980. The molecule has 0 aliphatic heterocycles. The number of thiophene rings is 1. The molecule has 3 N–H and O–H groups in total. The van der Waals surface area contributed by atoms with E-state index in [1.165, 1.54) is 18.4 Å². The molecular formula is C24H31N3O5S. The maximum atomic E-state index is 12.6. The molecule has 1 aliphatic carbocycles. The number of ether oxygens (including phenoxy) is 1. The lowest BCUT2D eigenvalue weighted by atomic mass is 9.93. The Morgan fingerprint density at radius 2 is 1.73 bits per heavy atom. The summed E-state index contributed by atoms with van der Waals surface area (Å²) in [6.45, 7) is 2.06. The number of benzene rings is 1. The summed E-state index contributed by atoms with van der Waals surface area (Å²) < 4.78 is 4.95. The van der Waals surface area contributed by atoms with Gasteiger partial charge in [0.1, 0.15) is 10.6 Å². The normalized spacial score (nSPS) is 18.1. The van der Waals surface area contributed by atoms with Gasteiger partial charge < -0.3 is 20.5 Å². The number of hydrogen-bond donors (Lipinski definition) is 3. The van der Waals surface area contributed by atoms with Gasteiger partial charge in [0, 0.05) is 17.0 Å². The zero-order valence-corrected chi connectivity index (χ0v) is 20.0. The summed E-state index contributed by atoms with van der Waals surface area (Å²) in [5, 5.41) is 17.6. The van der Waals surface area contributed by atoms with Crippen LogP contribution in [-0.4, -0.2) is 67.2 Å². The van der Waals surface area contributed by atoms with Crippen LogP contribution in [0.1, 0.15) is 41.6 Å². The first-order valence-corrected chi connectivity index (χ1v) is 11.9. The fourth-order valence-electron chi connectivity index (χ4n) is 3.91. The summed E-state index contributed by atoms with van der Waals surface area (Å²) in [6.07, 6.45) is 2.63. The van der Waals surface area contributed by atoms with Crippen molar-refractivity contribution in [3.63, 3.8) is 0 Å². The molecule has 8 nitrogen and oxygen atoms in total. The number of nitrogens with one attached hydrogen (secondary N) is 2. The number of methoxy groups -OCH3 is 1. The Morgan fingerprint density at radius 3 is 2.36 bits per heavy atom. The molecule has 0 spiro atoms. The average Bonchev–Trinajstić information content (AvgIpc) is 3.18. The monoisotopic (exact) mass is 473 g/mol. The summed E-state index contributed by atoms with van der Waals surface area (Å²) in [5.74, 6) is -0.999. The molecule has 1 aromatic carbocycles. The third-order valence-electron chi connectivity index (χ3n) is 5.68. The van der Waals surface area contributed by atoms with Crippen molar-refractivity contribution in [3.8, 4) is 11.1 Å². The highest BCUT2D eigenvalue weighted by atomic mass is 32.1. The van der Waals surface area contributed by atoms with E-state index in [2.05, 4.69) is 10.6 Å². The number of carbonyl (C=O) groups is 3. The van der Waals surface area contributed by atoms with Gasteiger partial charge in [-0.2, -0.15) is 0 Å².